The van der Waals surface area contributed by atoms with Gasteiger partial charge in [0.25, 0.3) is 5.78 Å². The minimum atomic E-state index is 0.639. The molecule has 2 rings (SSSR count). The number of nitrogens with zero attached hydrogens (tertiary/aromatic N) is 5. The Hall–Kier alpha value is -1.69. The van der Waals surface area contributed by atoms with Crippen molar-refractivity contribution in [3.05, 3.63) is 17.6 Å². The van der Waals surface area contributed by atoms with Gasteiger partial charge in [0.15, 0.2) is 0 Å². The van der Waals surface area contributed by atoms with Crippen LogP contribution in [0.4, 0.5) is 5.82 Å². The Kier molecular flexibility index (Phi) is 3.23. The molecule has 2 aromatic heterocycles. The van der Waals surface area contributed by atoms with Crippen molar-refractivity contribution in [2.75, 3.05) is 32.5 Å². The number of likely N-dealkylation sites (N-methyl/N-ethyl adjacent to an activating group) is 1. The first-order valence-electron chi connectivity index (χ1n) is 5.65. The molecule has 0 radical (unpaired) electrons. The van der Waals surface area contributed by atoms with Crippen LogP contribution in [0.5, 0.6) is 0 Å². The first-order valence-corrected chi connectivity index (χ1v) is 5.65. The molecule has 0 aliphatic rings. The molecule has 0 saturated heterocycles. The van der Waals surface area contributed by atoms with Gasteiger partial charge >= 0.3 is 0 Å². The van der Waals surface area contributed by atoms with Crippen LogP contribution >= 0.6 is 0 Å². The number of rotatable bonds is 4. The average molecular weight is 234 g/mol. The predicted octanol–water partition coefficient (Wildman–Crippen LogP) is 0.715. The molecule has 2 aromatic rings. The molecule has 0 spiro atoms. The summed E-state index contributed by atoms with van der Waals surface area (Å²) < 4.78 is 1.75. The lowest BCUT2D eigenvalue weighted by molar-refractivity contribution is 0.425. The summed E-state index contributed by atoms with van der Waals surface area (Å²) >= 11 is 0. The van der Waals surface area contributed by atoms with Gasteiger partial charge in [0, 0.05) is 24.3 Å². The molecule has 0 fully saturated rings. The van der Waals surface area contributed by atoms with Crippen LogP contribution in [-0.4, -0.2) is 51.7 Å². The van der Waals surface area contributed by atoms with Gasteiger partial charge in [0.2, 0.25) is 0 Å². The van der Waals surface area contributed by atoms with Gasteiger partial charge in [0.1, 0.15) is 12.1 Å². The maximum Gasteiger partial charge on any atom is 0.254 e. The smallest absolute Gasteiger partial charge is 0.254 e. The highest BCUT2D eigenvalue weighted by atomic mass is 15.4. The number of hydrogen-bond acceptors (Lipinski definition) is 5. The Morgan fingerprint density at radius 1 is 1.35 bits per heavy atom. The van der Waals surface area contributed by atoms with Crippen molar-refractivity contribution in [1.29, 1.82) is 0 Å². The van der Waals surface area contributed by atoms with E-state index in [1.807, 2.05) is 13.8 Å². The van der Waals surface area contributed by atoms with E-state index < -0.39 is 0 Å². The van der Waals surface area contributed by atoms with Crippen LogP contribution in [0.2, 0.25) is 0 Å². The van der Waals surface area contributed by atoms with E-state index in [0.717, 1.165) is 30.2 Å². The Balaban J connectivity index is 2.30. The maximum absolute atomic E-state index is 4.38. The monoisotopic (exact) mass is 234 g/mol. The van der Waals surface area contributed by atoms with Crippen molar-refractivity contribution in [2.45, 2.75) is 13.8 Å². The van der Waals surface area contributed by atoms with Crippen molar-refractivity contribution >= 4 is 11.6 Å². The average Bonchev–Trinajstić information content (AvgIpc) is 2.70. The number of aromatic nitrogens is 4. The molecule has 0 aliphatic heterocycles. The summed E-state index contributed by atoms with van der Waals surface area (Å²) in [5.41, 5.74) is 2.10. The molecule has 0 atom stereocenters. The second-order valence-corrected chi connectivity index (χ2v) is 4.37. The van der Waals surface area contributed by atoms with Gasteiger partial charge in [-0.1, -0.05) is 0 Å². The molecule has 0 amide bonds. The summed E-state index contributed by atoms with van der Waals surface area (Å²) in [6, 6.07) is 0. The standard InChI is InChI=1S/C11H18N6/c1-8-9(2)15-11-13-7-14-17(11)10(8)12-5-6-16(3)4/h7,12H,5-6H2,1-4H3. The fourth-order valence-corrected chi connectivity index (χ4v) is 1.64. The Labute approximate surface area is 101 Å². The summed E-state index contributed by atoms with van der Waals surface area (Å²) in [6.45, 7) is 5.87. The lowest BCUT2D eigenvalue weighted by Crippen LogP contribution is -2.22. The highest BCUT2D eigenvalue weighted by Crippen LogP contribution is 2.17. The van der Waals surface area contributed by atoms with Crippen LogP contribution in [0.3, 0.4) is 0 Å². The minimum Gasteiger partial charge on any atom is -0.368 e. The third-order valence-corrected chi connectivity index (χ3v) is 2.76. The molecule has 17 heavy (non-hydrogen) atoms. The number of anilines is 1. The molecule has 0 aromatic carbocycles. The van der Waals surface area contributed by atoms with Gasteiger partial charge in [-0.3, -0.25) is 0 Å². The zero-order valence-corrected chi connectivity index (χ0v) is 10.7. The summed E-state index contributed by atoms with van der Waals surface area (Å²) in [5.74, 6) is 1.62. The van der Waals surface area contributed by atoms with Gasteiger partial charge in [-0.2, -0.15) is 14.6 Å². The minimum absolute atomic E-state index is 0.639. The van der Waals surface area contributed by atoms with E-state index in [9.17, 15) is 0 Å². The topological polar surface area (TPSA) is 58.4 Å². The highest BCUT2D eigenvalue weighted by Gasteiger charge is 2.10. The summed E-state index contributed by atoms with van der Waals surface area (Å²) in [7, 11) is 4.11. The molecule has 0 bridgehead atoms. The second kappa shape index (κ2) is 4.67. The number of nitrogens with one attached hydrogen (secondary N) is 1. The normalized spacial score (nSPS) is 11.4. The SMILES string of the molecule is Cc1nc2ncnn2c(NCCN(C)C)c1C. The van der Waals surface area contributed by atoms with Gasteiger partial charge in [0.05, 0.1) is 0 Å². The molecule has 0 aliphatic carbocycles. The van der Waals surface area contributed by atoms with Gasteiger partial charge in [-0.05, 0) is 27.9 Å². The number of aryl methyl sites for hydroxylation is 1. The van der Waals surface area contributed by atoms with Crippen LogP contribution in [-0.2, 0) is 0 Å². The summed E-state index contributed by atoms with van der Waals surface area (Å²) in [6.07, 6.45) is 1.53. The number of fused-ring (bicyclic) bond motifs is 1. The Bertz CT molecular complexity index is 516. The van der Waals surface area contributed by atoms with Crippen LogP contribution in [0.1, 0.15) is 11.3 Å². The predicted molar refractivity (Wildman–Crippen MR) is 67.3 cm³/mol. The largest absolute Gasteiger partial charge is 0.368 e. The molecular weight excluding hydrogens is 216 g/mol. The summed E-state index contributed by atoms with van der Waals surface area (Å²) in [4.78, 5) is 10.6. The zero-order chi connectivity index (χ0) is 12.4. The van der Waals surface area contributed by atoms with E-state index in [1.54, 1.807) is 4.52 Å². The molecule has 6 heteroatoms. The quantitative estimate of drug-likeness (QED) is 0.844. The fraction of sp³-hybridized carbons (Fsp3) is 0.545. The van der Waals surface area contributed by atoms with Crippen molar-refractivity contribution in [1.82, 2.24) is 24.5 Å². The van der Waals surface area contributed by atoms with E-state index in [4.69, 9.17) is 0 Å². The first kappa shape index (κ1) is 11.8. The highest BCUT2D eigenvalue weighted by molar-refractivity contribution is 5.51. The van der Waals surface area contributed by atoms with Crippen LogP contribution < -0.4 is 5.32 Å². The molecule has 6 nitrogen and oxygen atoms in total. The van der Waals surface area contributed by atoms with Crippen molar-refractivity contribution in [3.8, 4) is 0 Å². The van der Waals surface area contributed by atoms with Crippen molar-refractivity contribution < 1.29 is 0 Å². The molecule has 92 valence electrons. The van der Waals surface area contributed by atoms with E-state index in [2.05, 4.69) is 39.4 Å². The van der Waals surface area contributed by atoms with E-state index in [-0.39, 0.29) is 0 Å². The molecule has 1 N–H and O–H groups in total. The van der Waals surface area contributed by atoms with Crippen LogP contribution in [0.25, 0.3) is 5.78 Å². The Morgan fingerprint density at radius 3 is 2.82 bits per heavy atom. The van der Waals surface area contributed by atoms with Gasteiger partial charge < -0.3 is 10.2 Å². The lowest BCUT2D eigenvalue weighted by atomic mass is 10.2. The summed E-state index contributed by atoms with van der Waals surface area (Å²) in [5, 5.41) is 7.58. The maximum atomic E-state index is 4.38. The van der Waals surface area contributed by atoms with Crippen LogP contribution in [0, 0.1) is 13.8 Å². The second-order valence-electron chi connectivity index (χ2n) is 4.37. The van der Waals surface area contributed by atoms with Gasteiger partial charge in [-0.25, -0.2) is 4.98 Å². The lowest BCUT2D eigenvalue weighted by Gasteiger charge is -2.14. The first-order chi connectivity index (χ1) is 8.09. The zero-order valence-electron chi connectivity index (χ0n) is 10.7. The molecule has 0 unspecified atom stereocenters. The van der Waals surface area contributed by atoms with Crippen molar-refractivity contribution in [3.63, 3.8) is 0 Å². The molecular formula is C11H18N6. The Morgan fingerprint density at radius 2 is 2.12 bits per heavy atom. The van der Waals surface area contributed by atoms with E-state index >= 15 is 0 Å². The molecule has 0 saturated carbocycles. The van der Waals surface area contributed by atoms with E-state index in [0.29, 0.717) is 5.78 Å². The number of hydrogen-bond donors (Lipinski definition) is 1. The van der Waals surface area contributed by atoms with Gasteiger partial charge in [-0.15, -0.1) is 0 Å². The van der Waals surface area contributed by atoms with E-state index in [1.165, 1.54) is 6.33 Å². The fourth-order valence-electron chi connectivity index (χ4n) is 1.64. The third kappa shape index (κ3) is 2.36. The third-order valence-electron chi connectivity index (χ3n) is 2.76. The van der Waals surface area contributed by atoms with Crippen LogP contribution in [0.15, 0.2) is 6.33 Å². The van der Waals surface area contributed by atoms with Crippen molar-refractivity contribution in [2.24, 2.45) is 0 Å². The molecule has 2 heterocycles.